The number of thiophene rings is 2. The molecule has 0 unspecified atom stereocenters. The molecule has 91 heavy (non-hydrogen) atoms. The predicted molar refractivity (Wildman–Crippen MR) is 393 cm³/mol. The van der Waals surface area contributed by atoms with E-state index in [9.17, 15) is 0 Å². The van der Waals surface area contributed by atoms with E-state index in [1.807, 2.05) is 22.7 Å². The maximum Gasteiger partial charge on any atom is 0.119 e. The van der Waals surface area contributed by atoms with Crippen LogP contribution in [-0.2, 0) is 5.41 Å². The second-order valence-electron chi connectivity index (χ2n) is 25.8. The van der Waals surface area contributed by atoms with Gasteiger partial charge in [0.1, 0.15) is 11.5 Å². The van der Waals surface area contributed by atoms with E-state index in [0.717, 1.165) is 73.9 Å². The van der Waals surface area contributed by atoms with Crippen molar-refractivity contribution in [1.82, 2.24) is 9.97 Å². The first-order valence-corrected chi connectivity index (χ1v) is 37.0. The van der Waals surface area contributed by atoms with Gasteiger partial charge >= 0.3 is 0 Å². The summed E-state index contributed by atoms with van der Waals surface area (Å²) in [5.41, 5.74) is 18.5. The van der Waals surface area contributed by atoms with Gasteiger partial charge < -0.3 is 9.47 Å². The Balaban J connectivity index is 1.02. The van der Waals surface area contributed by atoms with Crippen LogP contribution in [-0.4, -0.2) is 23.2 Å². The zero-order chi connectivity index (χ0) is 62.5. The van der Waals surface area contributed by atoms with Gasteiger partial charge in [0, 0.05) is 47.2 Å². The van der Waals surface area contributed by atoms with E-state index in [4.69, 9.17) is 19.4 Å². The van der Waals surface area contributed by atoms with Gasteiger partial charge in [-0.25, -0.2) is 9.97 Å². The van der Waals surface area contributed by atoms with Crippen LogP contribution in [0, 0.1) is 0 Å². The Morgan fingerprint density at radius 3 is 1.14 bits per heavy atom. The van der Waals surface area contributed by atoms with E-state index in [-0.39, 0.29) is 5.41 Å². The van der Waals surface area contributed by atoms with Crippen molar-refractivity contribution in [1.29, 1.82) is 0 Å². The molecule has 0 bridgehead atoms. The monoisotopic (exact) mass is 1240 g/mol. The van der Waals surface area contributed by atoms with Crippen LogP contribution in [0.2, 0.25) is 0 Å². The lowest BCUT2D eigenvalue weighted by Gasteiger charge is -2.33. The van der Waals surface area contributed by atoms with Crippen molar-refractivity contribution in [3.63, 3.8) is 0 Å². The molecule has 1 aliphatic carbocycles. The van der Waals surface area contributed by atoms with Crippen LogP contribution in [0.4, 0.5) is 0 Å². The second kappa shape index (κ2) is 33.5. The molecule has 0 fully saturated rings. The Kier molecular flexibility index (Phi) is 24.0. The van der Waals surface area contributed by atoms with Gasteiger partial charge in [0.15, 0.2) is 0 Å². The van der Waals surface area contributed by atoms with Gasteiger partial charge in [-0.05, 0) is 131 Å². The normalized spacial score (nSPS) is 12.4. The Morgan fingerprint density at radius 1 is 0.297 bits per heavy atom. The lowest BCUT2D eigenvalue weighted by atomic mass is 9.70. The van der Waals surface area contributed by atoms with Crippen molar-refractivity contribution in [3.05, 3.63) is 193 Å². The van der Waals surface area contributed by atoms with Crippen molar-refractivity contribution < 1.29 is 9.47 Å². The molecule has 0 amide bonds. The second-order valence-corrected chi connectivity index (χ2v) is 27.9. The summed E-state index contributed by atoms with van der Waals surface area (Å²) < 4.78 is 13.1. The number of nitrogens with zero attached hydrogens (tertiary/aromatic N) is 2. The highest BCUT2D eigenvalue weighted by molar-refractivity contribution is 7.19. The van der Waals surface area contributed by atoms with Crippen molar-refractivity contribution in [2.24, 2.45) is 0 Å². The molecule has 11 rings (SSSR count). The third kappa shape index (κ3) is 16.4. The van der Waals surface area contributed by atoms with Crippen LogP contribution in [0.3, 0.4) is 0 Å². The molecule has 0 spiro atoms. The zero-order valence-corrected chi connectivity index (χ0v) is 56.8. The Hall–Kier alpha value is -7.12. The number of benzene rings is 7. The molecule has 0 saturated heterocycles. The van der Waals surface area contributed by atoms with Crippen molar-refractivity contribution in [2.45, 2.75) is 200 Å². The van der Waals surface area contributed by atoms with Crippen molar-refractivity contribution >= 4 is 33.7 Å². The van der Waals surface area contributed by atoms with Gasteiger partial charge in [-0.2, -0.15) is 0 Å². The maximum absolute atomic E-state index is 6.56. The molecule has 10 aromatic rings. The number of unbranched alkanes of at least 4 members (excludes halogenated alkanes) is 20. The highest BCUT2D eigenvalue weighted by atomic mass is 32.1. The van der Waals surface area contributed by atoms with Gasteiger partial charge in [0.25, 0.3) is 0 Å². The minimum atomic E-state index is -0.0604. The quantitative estimate of drug-likeness (QED) is 0.0364. The first kappa shape index (κ1) is 65.4. The number of aromatic nitrogens is 2. The SMILES string of the molecule is CCCCCCCCOc1cccc(-c2nc3c(-c4ccc(-c5ccccc5)s4)ccc(-c4ccc(-c5ccc6c(c5)C(CCCCCCCC)(CCCCCCCC)c5cc(-c7ccccc7)ccc5-6)s4)c3nc2-c2cccc(OCCCCCCCC)c2)c1. The third-order valence-corrected chi connectivity index (χ3v) is 21.4. The first-order valence-electron chi connectivity index (χ1n) is 35.4. The molecule has 0 atom stereocenters. The van der Waals surface area contributed by atoms with E-state index in [1.165, 1.54) is 208 Å². The number of fused-ring (bicyclic) bond motifs is 4. The summed E-state index contributed by atoms with van der Waals surface area (Å²) in [6.07, 6.45) is 32.5. The first-order chi connectivity index (χ1) is 45.0. The Morgan fingerprint density at radius 2 is 0.670 bits per heavy atom. The molecule has 1 aliphatic rings. The molecular weight excluding hydrogens is 1150 g/mol. The molecule has 3 aromatic heterocycles. The van der Waals surface area contributed by atoms with Gasteiger partial charge in [-0.3, -0.25) is 0 Å². The van der Waals surface area contributed by atoms with E-state index in [0.29, 0.717) is 13.2 Å². The average molecular weight is 1240 g/mol. The van der Waals surface area contributed by atoms with Gasteiger partial charge in [-0.15, -0.1) is 22.7 Å². The van der Waals surface area contributed by atoms with Gasteiger partial charge in [0.05, 0.1) is 35.6 Å². The van der Waals surface area contributed by atoms with Crippen LogP contribution in [0.1, 0.15) is 206 Å². The summed E-state index contributed by atoms with van der Waals surface area (Å²) in [7, 11) is 0. The lowest BCUT2D eigenvalue weighted by molar-refractivity contribution is 0.304. The standard InChI is InChI=1S/C85H98N2O2S2/c1-5-9-13-17-21-31-55-85(56-32-22-18-14-10-6-2)75-61-65(63-37-27-25-28-38-63)45-47-71(75)72-48-46-66(62-76(72)85)78-52-54-80(91-78)74-50-49-73(79-53-51-77(90-79)64-39-29-26-30-40-64)83-84(74)87-82(68-42-36-44-70(60-68)89-58-34-24-20-16-12-8-4)81(86-83)67-41-35-43-69(59-67)88-57-33-23-19-15-11-7-3/h25-30,35-54,59-62H,5-24,31-34,55-58H2,1-4H3. The summed E-state index contributed by atoms with van der Waals surface area (Å²) >= 11 is 3.70. The van der Waals surface area contributed by atoms with Crippen LogP contribution >= 0.6 is 22.7 Å². The highest BCUT2D eigenvalue weighted by Gasteiger charge is 2.43. The van der Waals surface area contributed by atoms with Crippen LogP contribution in [0.25, 0.3) is 97.6 Å². The molecule has 0 saturated carbocycles. The minimum Gasteiger partial charge on any atom is -0.494 e. The molecule has 7 aromatic carbocycles. The largest absolute Gasteiger partial charge is 0.494 e. The molecule has 0 N–H and O–H groups in total. The van der Waals surface area contributed by atoms with Crippen LogP contribution < -0.4 is 9.47 Å². The molecule has 0 radical (unpaired) electrons. The molecular formula is C85H98N2O2S2. The Bertz CT molecular complexity index is 3860. The molecule has 472 valence electrons. The highest BCUT2D eigenvalue weighted by Crippen LogP contribution is 2.56. The van der Waals surface area contributed by atoms with Gasteiger partial charge in [0.2, 0.25) is 0 Å². The summed E-state index contributed by atoms with van der Waals surface area (Å²) in [5, 5.41) is 0. The Labute approximate surface area is 554 Å². The maximum atomic E-state index is 6.56. The summed E-state index contributed by atoms with van der Waals surface area (Å²) in [5.74, 6) is 1.71. The molecule has 6 heteroatoms. The zero-order valence-electron chi connectivity index (χ0n) is 55.1. The van der Waals surface area contributed by atoms with E-state index >= 15 is 0 Å². The van der Waals surface area contributed by atoms with E-state index < -0.39 is 0 Å². The smallest absolute Gasteiger partial charge is 0.119 e. The predicted octanol–water partition coefficient (Wildman–Crippen LogP) is 26.7. The fourth-order valence-electron chi connectivity index (χ4n) is 14.0. The number of hydrogen-bond acceptors (Lipinski definition) is 6. The lowest BCUT2D eigenvalue weighted by Crippen LogP contribution is -2.25. The third-order valence-electron chi connectivity index (χ3n) is 19.0. The van der Waals surface area contributed by atoms with Crippen molar-refractivity contribution in [2.75, 3.05) is 13.2 Å². The van der Waals surface area contributed by atoms with Crippen LogP contribution in [0.5, 0.6) is 11.5 Å². The minimum absolute atomic E-state index is 0.0604. The summed E-state index contributed by atoms with van der Waals surface area (Å²) in [6, 6.07) is 67.8. The fraction of sp³-hybridized carbons (Fsp3) is 0.388. The number of rotatable bonds is 37. The summed E-state index contributed by atoms with van der Waals surface area (Å²) in [6.45, 7) is 10.6. The molecule has 0 aliphatic heterocycles. The average Bonchev–Trinajstić information content (AvgIpc) is 1.62. The van der Waals surface area contributed by atoms with Crippen LogP contribution in [0.15, 0.2) is 182 Å². The number of ether oxygens (including phenoxy) is 2. The van der Waals surface area contributed by atoms with E-state index in [2.05, 4.69) is 210 Å². The molecule has 3 heterocycles. The fourth-order valence-corrected chi connectivity index (χ4v) is 16.0. The number of hydrogen-bond donors (Lipinski definition) is 0. The summed E-state index contributed by atoms with van der Waals surface area (Å²) in [4.78, 5) is 16.7. The molecule has 4 nitrogen and oxygen atoms in total. The van der Waals surface area contributed by atoms with E-state index in [1.54, 1.807) is 5.56 Å². The van der Waals surface area contributed by atoms with Crippen molar-refractivity contribution in [3.8, 4) is 98.0 Å². The topological polar surface area (TPSA) is 44.2 Å². The van der Waals surface area contributed by atoms with Gasteiger partial charge in [-0.1, -0.05) is 290 Å².